The molecule has 0 bridgehead atoms. The molecule has 1 amide bonds. The molecule has 0 aliphatic heterocycles. The number of carbonyl (C=O) groups excluding carboxylic acids is 1. The Kier molecular flexibility index (Phi) is 5.71. The normalized spacial score (nSPS) is 15.2. The number of halogens is 2. The van der Waals surface area contributed by atoms with Gasteiger partial charge in [0.2, 0.25) is 5.91 Å². The van der Waals surface area contributed by atoms with Gasteiger partial charge in [-0.25, -0.2) is 4.39 Å². The molecule has 1 aliphatic rings. The fourth-order valence-electron chi connectivity index (χ4n) is 2.97. The molecule has 2 aromatic carbocycles. The third kappa shape index (κ3) is 4.80. The topological polar surface area (TPSA) is 32.3 Å². The Morgan fingerprint density at radius 2 is 1.92 bits per heavy atom. The summed E-state index contributed by atoms with van der Waals surface area (Å²) in [6, 6.07) is 14.4. The Bertz CT molecular complexity index is 748. The number of hydrogen-bond acceptors (Lipinski definition) is 2. The molecule has 25 heavy (non-hydrogen) atoms. The van der Waals surface area contributed by atoms with Crippen molar-refractivity contribution in [1.29, 1.82) is 0 Å². The molecule has 0 saturated heterocycles. The fourth-order valence-corrected chi connectivity index (χ4v) is 3.27. The highest BCUT2D eigenvalue weighted by Crippen LogP contribution is 2.29. The van der Waals surface area contributed by atoms with Crippen LogP contribution in [0.25, 0.3) is 0 Å². The maximum atomic E-state index is 13.9. The van der Waals surface area contributed by atoms with Crippen molar-refractivity contribution in [3.63, 3.8) is 0 Å². The van der Waals surface area contributed by atoms with Crippen molar-refractivity contribution < 1.29 is 9.18 Å². The van der Waals surface area contributed by atoms with Crippen LogP contribution in [0.2, 0.25) is 5.02 Å². The standard InChI is InChI=1S/C20H22ClFN2O/c1-14(17-7-3-4-8-18(17)21)23-20(25)13-24(16-10-11-16)12-15-6-2-5-9-19(15)22/h2-9,14,16H,10-13H2,1H3,(H,23,25)/t14-/m0/s1. The third-order valence-electron chi connectivity index (χ3n) is 4.49. The summed E-state index contributed by atoms with van der Waals surface area (Å²) in [6.07, 6.45) is 2.11. The molecule has 1 fully saturated rings. The first-order valence-electron chi connectivity index (χ1n) is 8.56. The maximum absolute atomic E-state index is 13.9. The van der Waals surface area contributed by atoms with Crippen LogP contribution in [0.15, 0.2) is 48.5 Å². The summed E-state index contributed by atoms with van der Waals surface area (Å²) in [5.74, 6) is -0.298. The SMILES string of the molecule is C[C@H](NC(=O)CN(Cc1ccccc1F)C1CC1)c1ccccc1Cl. The molecular formula is C20H22ClFN2O. The molecule has 1 N–H and O–H groups in total. The zero-order chi connectivity index (χ0) is 17.8. The minimum atomic E-state index is -0.224. The van der Waals surface area contributed by atoms with E-state index in [0.29, 0.717) is 23.2 Å². The van der Waals surface area contributed by atoms with Gasteiger partial charge in [0.05, 0.1) is 12.6 Å². The predicted molar refractivity (Wildman–Crippen MR) is 97.8 cm³/mol. The molecule has 3 nitrogen and oxygen atoms in total. The Morgan fingerprint density at radius 1 is 1.24 bits per heavy atom. The number of rotatable bonds is 7. The summed E-state index contributed by atoms with van der Waals surface area (Å²) in [7, 11) is 0. The highest BCUT2D eigenvalue weighted by Gasteiger charge is 2.31. The Balaban J connectivity index is 1.62. The summed E-state index contributed by atoms with van der Waals surface area (Å²) < 4.78 is 13.9. The molecule has 5 heteroatoms. The lowest BCUT2D eigenvalue weighted by atomic mass is 10.1. The minimum Gasteiger partial charge on any atom is -0.348 e. The van der Waals surface area contributed by atoms with Gasteiger partial charge in [0.25, 0.3) is 0 Å². The van der Waals surface area contributed by atoms with Gasteiger partial charge in [-0.3, -0.25) is 9.69 Å². The number of hydrogen-bond donors (Lipinski definition) is 1. The van der Waals surface area contributed by atoms with Gasteiger partial charge >= 0.3 is 0 Å². The van der Waals surface area contributed by atoms with Crippen LogP contribution in [-0.4, -0.2) is 23.4 Å². The first kappa shape index (κ1) is 17.9. The summed E-state index contributed by atoms with van der Waals surface area (Å²) in [5.41, 5.74) is 1.52. The van der Waals surface area contributed by atoms with E-state index in [0.717, 1.165) is 18.4 Å². The van der Waals surface area contributed by atoms with Gasteiger partial charge in [-0.2, -0.15) is 0 Å². The van der Waals surface area contributed by atoms with E-state index >= 15 is 0 Å². The lowest BCUT2D eigenvalue weighted by molar-refractivity contribution is -0.123. The summed E-state index contributed by atoms with van der Waals surface area (Å²) >= 11 is 6.19. The lowest BCUT2D eigenvalue weighted by Gasteiger charge is -2.23. The van der Waals surface area contributed by atoms with Gasteiger partial charge in [-0.15, -0.1) is 0 Å². The van der Waals surface area contributed by atoms with Crippen LogP contribution < -0.4 is 5.32 Å². The average Bonchev–Trinajstić information content (AvgIpc) is 3.41. The largest absolute Gasteiger partial charge is 0.348 e. The highest BCUT2D eigenvalue weighted by atomic mass is 35.5. The van der Waals surface area contributed by atoms with Crippen molar-refractivity contribution in [2.75, 3.05) is 6.54 Å². The first-order valence-corrected chi connectivity index (χ1v) is 8.93. The number of nitrogens with zero attached hydrogens (tertiary/aromatic N) is 1. The van der Waals surface area contributed by atoms with E-state index in [2.05, 4.69) is 5.32 Å². The molecule has 1 saturated carbocycles. The van der Waals surface area contributed by atoms with Gasteiger partial charge in [-0.05, 0) is 37.5 Å². The van der Waals surface area contributed by atoms with Gasteiger partial charge in [0.1, 0.15) is 5.82 Å². The van der Waals surface area contributed by atoms with Crippen molar-refractivity contribution >= 4 is 17.5 Å². The number of carbonyl (C=O) groups is 1. The average molecular weight is 361 g/mol. The van der Waals surface area contributed by atoms with E-state index in [1.807, 2.05) is 42.2 Å². The lowest BCUT2D eigenvalue weighted by Crippen LogP contribution is -2.39. The summed E-state index contributed by atoms with van der Waals surface area (Å²) in [4.78, 5) is 14.5. The van der Waals surface area contributed by atoms with Gasteiger partial charge in [0, 0.05) is 23.2 Å². The molecule has 0 unspecified atom stereocenters. The van der Waals surface area contributed by atoms with E-state index in [-0.39, 0.29) is 24.3 Å². The monoisotopic (exact) mass is 360 g/mol. The molecule has 2 aromatic rings. The van der Waals surface area contributed by atoms with Crippen LogP contribution in [-0.2, 0) is 11.3 Å². The Hall–Kier alpha value is -1.91. The quantitative estimate of drug-likeness (QED) is 0.797. The van der Waals surface area contributed by atoms with Crippen molar-refractivity contribution in [3.8, 4) is 0 Å². The van der Waals surface area contributed by atoms with E-state index in [1.165, 1.54) is 6.07 Å². The Labute approximate surface area is 152 Å². The van der Waals surface area contributed by atoms with Crippen LogP contribution in [0.4, 0.5) is 4.39 Å². The summed E-state index contributed by atoms with van der Waals surface area (Å²) in [6.45, 7) is 2.62. The van der Waals surface area contributed by atoms with Gasteiger partial charge in [0.15, 0.2) is 0 Å². The van der Waals surface area contributed by atoms with E-state index in [1.54, 1.807) is 12.1 Å². The minimum absolute atomic E-state index is 0.0735. The fraction of sp³-hybridized carbons (Fsp3) is 0.350. The number of nitrogens with one attached hydrogen (secondary N) is 1. The van der Waals surface area contributed by atoms with E-state index in [9.17, 15) is 9.18 Å². The second-order valence-electron chi connectivity index (χ2n) is 6.54. The van der Waals surface area contributed by atoms with Crippen molar-refractivity contribution in [2.24, 2.45) is 0 Å². The van der Waals surface area contributed by atoms with Crippen LogP contribution in [0.5, 0.6) is 0 Å². The predicted octanol–water partition coefficient (Wildman–Crippen LogP) is 4.32. The number of benzene rings is 2. The van der Waals surface area contributed by atoms with Crippen LogP contribution in [0, 0.1) is 5.82 Å². The third-order valence-corrected chi connectivity index (χ3v) is 4.83. The van der Waals surface area contributed by atoms with Crippen LogP contribution >= 0.6 is 11.6 Å². The molecule has 132 valence electrons. The van der Waals surface area contributed by atoms with Crippen molar-refractivity contribution in [1.82, 2.24) is 10.2 Å². The molecule has 0 radical (unpaired) electrons. The molecule has 1 atom stereocenters. The number of amides is 1. The van der Waals surface area contributed by atoms with E-state index < -0.39 is 0 Å². The second-order valence-corrected chi connectivity index (χ2v) is 6.95. The van der Waals surface area contributed by atoms with Crippen molar-refractivity contribution in [2.45, 2.75) is 38.4 Å². The molecule has 0 aromatic heterocycles. The van der Waals surface area contributed by atoms with Crippen molar-refractivity contribution in [3.05, 3.63) is 70.5 Å². The second kappa shape index (κ2) is 7.98. The smallest absolute Gasteiger partial charge is 0.234 e. The maximum Gasteiger partial charge on any atom is 0.234 e. The molecular weight excluding hydrogens is 339 g/mol. The first-order chi connectivity index (χ1) is 12.0. The molecule has 1 aliphatic carbocycles. The molecule has 3 rings (SSSR count). The Morgan fingerprint density at radius 3 is 2.60 bits per heavy atom. The summed E-state index contributed by atoms with van der Waals surface area (Å²) in [5, 5.41) is 3.63. The zero-order valence-electron chi connectivity index (χ0n) is 14.2. The van der Waals surface area contributed by atoms with Crippen LogP contribution in [0.1, 0.15) is 36.9 Å². The molecule has 0 heterocycles. The van der Waals surface area contributed by atoms with Gasteiger partial charge in [-0.1, -0.05) is 48.0 Å². The van der Waals surface area contributed by atoms with Gasteiger partial charge < -0.3 is 5.32 Å². The highest BCUT2D eigenvalue weighted by molar-refractivity contribution is 6.31. The molecule has 0 spiro atoms. The van der Waals surface area contributed by atoms with E-state index in [4.69, 9.17) is 11.6 Å². The zero-order valence-corrected chi connectivity index (χ0v) is 15.0. The van der Waals surface area contributed by atoms with Crippen LogP contribution in [0.3, 0.4) is 0 Å².